The first kappa shape index (κ1) is 12.7. The lowest BCUT2D eigenvalue weighted by atomic mass is 10.1. The van der Waals surface area contributed by atoms with Crippen molar-refractivity contribution >= 4 is 11.9 Å². The standard InChI is InChI=1S/C16H10FNO/c17-15-4-2-1-3-13(15)9-10-16(19)14-7-5-12(11-18)6-8-14/h1-10H/b10-9+. The van der Waals surface area contributed by atoms with Gasteiger partial charge in [0, 0.05) is 11.1 Å². The summed E-state index contributed by atoms with van der Waals surface area (Å²) in [6.07, 6.45) is 2.76. The lowest BCUT2D eigenvalue weighted by Gasteiger charge is -1.97. The number of rotatable bonds is 3. The minimum absolute atomic E-state index is 0.229. The molecule has 0 heterocycles. The molecule has 2 nitrogen and oxygen atoms in total. The van der Waals surface area contributed by atoms with Crippen LogP contribution in [0.4, 0.5) is 4.39 Å². The van der Waals surface area contributed by atoms with Crippen LogP contribution in [0.3, 0.4) is 0 Å². The maximum Gasteiger partial charge on any atom is 0.185 e. The SMILES string of the molecule is N#Cc1ccc(C(=O)/C=C/c2ccccc2F)cc1. The van der Waals surface area contributed by atoms with Crippen molar-refractivity contribution in [2.24, 2.45) is 0 Å². The van der Waals surface area contributed by atoms with Gasteiger partial charge in [-0.2, -0.15) is 5.26 Å². The normalized spacial score (nSPS) is 10.3. The highest BCUT2D eigenvalue weighted by Gasteiger charge is 2.02. The van der Waals surface area contributed by atoms with Crippen molar-refractivity contribution in [3.63, 3.8) is 0 Å². The van der Waals surface area contributed by atoms with Crippen LogP contribution >= 0.6 is 0 Å². The fraction of sp³-hybridized carbons (Fsp3) is 0. The molecule has 0 aliphatic rings. The molecule has 0 radical (unpaired) electrons. The van der Waals surface area contributed by atoms with Crippen molar-refractivity contribution in [1.82, 2.24) is 0 Å². The number of hydrogen-bond acceptors (Lipinski definition) is 2. The lowest BCUT2D eigenvalue weighted by Crippen LogP contribution is -1.94. The van der Waals surface area contributed by atoms with E-state index in [-0.39, 0.29) is 11.6 Å². The van der Waals surface area contributed by atoms with Crippen LogP contribution in [0.2, 0.25) is 0 Å². The van der Waals surface area contributed by atoms with E-state index in [1.54, 1.807) is 42.5 Å². The molecule has 0 aromatic heterocycles. The Hall–Kier alpha value is -2.73. The van der Waals surface area contributed by atoms with Crippen LogP contribution in [0.5, 0.6) is 0 Å². The molecule has 19 heavy (non-hydrogen) atoms. The quantitative estimate of drug-likeness (QED) is 0.617. The monoisotopic (exact) mass is 251 g/mol. The van der Waals surface area contributed by atoms with E-state index in [0.29, 0.717) is 16.7 Å². The minimum Gasteiger partial charge on any atom is -0.289 e. The Balaban J connectivity index is 2.17. The van der Waals surface area contributed by atoms with Crippen molar-refractivity contribution in [2.75, 3.05) is 0 Å². The van der Waals surface area contributed by atoms with Crippen LogP contribution in [0, 0.1) is 17.1 Å². The first-order valence-corrected chi connectivity index (χ1v) is 5.68. The van der Waals surface area contributed by atoms with Gasteiger partial charge in [0.2, 0.25) is 0 Å². The van der Waals surface area contributed by atoms with Crippen LogP contribution in [0.1, 0.15) is 21.5 Å². The summed E-state index contributed by atoms with van der Waals surface area (Å²) in [7, 11) is 0. The van der Waals surface area contributed by atoms with Gasteiger partial charge in [-0.3, -0.25) is 4.79 Å². The second-order valence-corrected chi connectivity index (χ2v) is 3.91. The van der Waals surface area contributed by atoms with Gasteiger partial charge in [-0.25, -0.2) is 4.39 Å². The summed E-state index contributed by atoms with van der Waals surface area (Å²) >= 11 is 0. The van der Waals surface area contributed by atoms with Gasteiger partial charge in [0.25, 0.3) is 0 Å². The van der Waals surface area contributed by atoms with Gasteiger partial charge in [-0.15, -0.1) is 0 Å². The van der Waals surface area contributed by atoms with Gasteiger partial charge in [-0.1, -0.05) is 18.2 Å². The summed E-state index contributed by atoms with van der Waals surface area (Å²) in [6, 6.07) is 14.5. The number of nitrogens with zero attached hydrogens (tertiary/aromatic N) is 1. The minimum atomic E-state index is -0.369. The molecule has 0 N–H and O–H groups in total. The second-order valence-electron chi connectivity index (χ2n) is 3.91. The molecule has 92 valence electrons. The Labute approximate surface area is 110 Å². The molecule has 0 bridgehead atoms. The fourth-order valence-corrected chi connectivity index (χ4v) is 1.58. The third kappa shape index (κ3) is 3.14. The molecular formula is C16H10FNO. The van der Waals surface area contributed by atoms with E-state index >= 15 is 0 Å². The Morgan fingerprint density at radius 2 is 1.79 bits per heavy atom. The van der Waals surface area contributed by atoms with E-state index in [1.165, 1.54) is 18.2 Å². The average Bonchev–Trinajstić information content (AvgIpc) is 2.46. The third-order valence-corrected chi connectivity index (χ3v) is 2.62. The number of benzene rings is 2. The van der Waals surface area contributed by atoms with Crippen molar-refractivity contribution < 1.29 is 9.18 Å². The van der Waals surface area contributed by atoms with Crippen LogP contribution < -0.4 is 0 Å². The van der Waals surface area contributed by atoms with Gasteiger partial charge in [-0.05, 0) is 42.5 Å². The Kier molecular flexibility index (Phi) is 3.84. The summed E-state index contributed by atoms with van der Waals surface area (Å²) in [5.74, 6) is -0.598. The van der Waals surface area contributed by atoms with E-state index in [9.17, 15) is 9.18 Å². The molecule has 0 atom stereocenters. The zero-order chi connectivity index (χ0) is 13.7. The number of carbonyl (C=O) groups excluding carboxylic acids is 1. The van der Waals surface area contributed by atoms with Crippen molar-refractivity contribution in [2.45, 2.75) is 0 Å². The highest BCUT2D eigenvalue weighted by molar-refractivity contribution is 6.06. The summed E-state index contributed by atoms with van der Waals surface area (Å²) < 4.78 is 13.3. The topological polar surface area (TPSA) is 40.9 Å². The largest absolute Gasteiger partial charge is 0.289 e. The number of ketones is 1. The zero-order valence-electron chi connectivity index (χ0n) is 10.0. The molecule has 0 amide bonds. The van der Waals surface area contributed by atoms with Gasteiger partial charge >= 0.3 is 0 Å². The lowest BCUT2D eigenvalue weighted by molar-refractivity contribution is 0.104. The second kappa shape index (κ2) is 5.74. The first-order valence-electron chi connectivity index (χ1n) is 5.68. The van der Waals surface area contributed by atoms with E-state index in [2.05, 4.69) is 0 Å². The Morgan fingerprint density at radius 3 is 2.42 bits per heavy atom. The molecule has 0 saturated carbocycles. The Morgan fingerprint density at radius 1 is 1.11 bits per heavy atom. The van der Waals surface area contributed by atoms with E-state index < -0.39 is 0 Å². The molecule has 0 saturated heterocycles. The van der Waals surface area contributed by atoms with E-state index in [0.717, 1.165) is 0 Å². The molecule has 0 spiro atoms. The molecule has 2 aromatic carbocycles. The van der Waals surface area contributed by atoms with Crippen LogP contribution in [0.15, 0.2) is 54.6 Å². The molecular weight excluding hydrogens is 241 g/mol. The predicted molar refractivity (Wildman–Crippen MR) is 70.9 cm³/mol. The molecule has 3 heteroatoms. The van der Waals surface area contributed by atoms with Gasteiger partial charge < -0.3 is 0 Å². The molecule has 2 rings (SSSR count). The van der Waals surface area contributed by atoms with Crippen molar-refractivity contribution in [3.05, 3.63) is 77.1 Å². The summed E-state index contributed by atoms with van der Waals surface area (Å²) in [6.45, 7) is 0. The van der Waals surface area contributed by atoms with Crippen molar-refractivity contribution in [1.29, 1.82) is 5.26 Å². The number of hydrogen-bond donors (Lipinski definition) is 0. The molecule has 0 unspecified atom stereocenters. The number of halogens is 1. The van der Waals surface area contributed by atoms with Crippen LogP contribution in [0.25, 0.3) is 6.08 Å². The molecule has 0 fully saturated rings. The predicted octanol–water partition coefficient (Wildman–Crippen LogP) is 3.59. The molecule has 0 aliphatic heterocycles. The average molecular weight is 251 g/mol. The fourth-order valence-electron chi connectivity index (χ4n) is 1.58. The summed E-state index contributed by atoms with van der Waals surface area (Å²) in [4.78, 5) is 11.8. The van der Waals surface area contributed by atoms with Gasteiger partial charge in [0.1, 0.15) is 5.82 Å². The number of carbonyl (C=O) groups is 1. The zero-order valence-corrected chi connectivity index (χ0v) is 10.0. The summed E-state index contributed by atoms with van der Waals surface area (Å²) in [5.41, 5.74) is 1.32. The smallest absolute Gasteiger partial charge is 0.185 e. The highest BCUT2D eigenvalue weighted by Crippen LogP contribution is 2.10. The third-order valence-electron chi connectivity index (χ3n) is 2.62. The van der Waals surface area contributed by atoms with Crippen LogP contribution in [-0.2, 0) is 0 Å². The van der Waals surface area contributed by atoms with Crippen molar-refractivity contribution in [3.8, 4) is 6.07 Å². The maximum atomic E-state index is 13.3. The van der Waals surface area contributed by atoms with E-state index in [4.69, 9.17) is 5.26 Å². The van der Waals surface area contributed by atoms with Gasteiger partial charge in [0.05, 0.1) is 11.6 Å². The molecule has 2 aromatic rings. The van der Waals surface area contributed by atoms with E-state index in [1.807, 2.05) is 6.07 Å². The molecule has 0 aliphatic carbocycles. The summed E-state index contributed by atoms with van der Waals surface area (Å²) in [5, 5.41) is 8.66. The van der Waals surface area contributed by atoms with Crippen LogP contribution in [-0.4, -0.2) is 5.78 Å². The number of nitriles is 1. The highest BCUT2D eigenvalue weighted by atomic mass is 19.1. The first-order chi connectivity index (χ1) is 9.20. The number of allylic oxidation sites excluding steroid dienone is 1. The maximum absolute atomic E-state index is 13.3. The van der Waals surface area contributed by atoms with Gasteiger partial charge in [0.15, 0.2) is 5.78 Å². The Bertz CT molecular complexity index is 666.